The van der Waals surface area contributed by atoms with Crippen LogP contribution in [0.5, 0.6) is 5.75 Å². The molecular formula is C42H32N2O2. The second-order valence-electron chi connectivity index (χ2n) is 12.3. The fraction of sp³-hybridized carbons (Fsp3) is 0.0952. The van der Waals surface area contributed by atoms with E-state index in [1.54, 1.807) is 6.07 Å². The molecule has 1 N–H and O–H groups in total. The summed E-state index contributed by atoms with van der Waals surface area (Å²) in [6.07, 6.45) is 23.3. The lowest BCUT2D eigenvalue weighted by atomic mass is 9.91. The van der Waals surface area contributed by atoms with E-state index < -0.39 is 0 Å². The predicted molar refractivity (Wildman–Crippen MR) is 190 cm³/mol. The fourth-order valence-corrected chi connectivity index (χ4v) is 7.56. The third-order valence-corrected chi connectivity index (χ3v) is 9.68. The zero-order chi connectivity index (χ0) is 30.8. The van der Waals surface area contributed by atoms with Gasteiger partial charge in [0.2, 0.25) is 0 Å². The number of phenols is 1. The van der Waals surface area contributed by atoms with E-state index >= 15 is 0 Å². The minimum atomic E-state index is 0.209. The van der Waals surface area contributed by atoms with Gasteiger partial charge in [-0.1, -0.05) is 79.4 Å². The molecule has 0 radical (unpaired) electrons. The van der Waals surface area contributed by atoms with Gasteiger partial charge in [-0.05, 0) is 90.2 Å². The molecule has 222 valence electrons. The Balaban J connectivity index is 1.15. The summed E-state index contributed by atoms with van der Waals surface area (Å²) < 4.78 is 6.49. The molecule has 5 aromatic rings. The van der Waals surface area contributed by atoms with E-state index in [0.29, 0.717) is 5.92 Å². The average molecular weight is 597 g/mol. The first-order valence-corrected chi connectivity index (χ1v) is 15.9. The SMILES string of the molecule is C=C1/C=C\C=C/N(c2ccc(O)c(-c3cccc(N4c5ccccc5C5C=CC=CC54)c3)c2)c2ccc3c4c(oc3c21)C=CCC4. The van der Waals surface area contributed by atoms with Gasteiger partial charge in [0.15, 0.2) is 0 Å². The highest BCUT2D eigenvalue weighted by Gasteiger charge is 2.37. The molecule has 0 bridgehead atoms. The lowest BCUT2D eigenvalue weighted by Gasteiger charge is -2.29. The number of nitrogens with zero attached hydrogens (tertiary/aromatic N) is 2. The van der Waals surface area contributed by atoms with Crippen molar-refractivity contribution < 1.29 is 9.52 Å². The highest BCUT2D eigenvalue weighted by molar-refractivity contribution is 6.02. The van der Waals surface area contributed by atoms with Gasteiger partial charge in [0.25, 0.3) is 0 Å². The Kier molecular flexibility index (Phi) is 6.04. The van der Waals surface area contributed by atoms with E-state index in [0.717, 1.165) is 68.9 Å². The van der Waals surface area contributed by atoms with Crippen LogP contribution in [-0.4, -0.2) is 11.1 Å². The second kappa shape index (κ2) is 10.4. The van der Waals surface area contributed by atoms with Gasteiger partial charge in [-0.25, -0.2) is 0 Å². The van der Waals surface area contributed by atoms with E-state index in [-0.39, 0.29) is 11.8 Å². The Bertz CT molecular complexity index is 2230. The molecule has 0 spiro atoms. The summed E-state index contributed by atoms with van der Waals surface area (Å²) >= 11 is 0. The van der Waals surface area contributed by atoms with Crippen molar-refractivity contribution in [3.63, 3.8) is 0 Å². The Hall–Kier alpha value is -5.74. The quantitative estimate of drug-likeness (QED) is 0.225. The Labute approximate surface area is 268 Å². The summed E-state index contributed by atoms with van der Waals surface area (Å²) in [6.45, 7) is 4.43. The van der Waals surface area contributed by atoms with Crippen LogP contribution < -0.4 is 9.80 Å². The maximum atomic E-state index is 11.2. The van der Waals surface area contributed by atoms with Gasteiger partial charge in [-0.2, -0.15) is 0 Å². The predicted octanol–water partition coefficient (Wildman–Crippen LogP) is 10.7. The standard InChI is InChI=1S/C42H32N2O2/c1-27-11-8-9-24-43(38-22-21-34-33-16-4-7-19-40(33)46-42(34)41(27)38)29-20-23-39(45)35(26-29)28-12-10-13-30(25-28)44-36-17-5-2-14-31(36)32-15-3-6-18-37(32)44/h2-3,5-15,17-26,31,36,45H,1,4,16H2/b11-8-,24-9-. The third kappa shape index (κ3) is 4.07. The third-order valence-electron chi connectivity index (χ3n) is 9.68. The Morgan fingerprint density at radius 3 is 2.67 bits per heavy atom. The van der Waals surface area contributed by atoms with Crippen LogP contribution in [0.25, 0.3) is 33.7 Å². The molecule has 0 amide bonds. The number of furan rings is 1. The molecule has 2 atom stereocenters. The summed E-state index contributed by atoms with van der Waals surface area (Å²) in [5, 5.41) is 12.4. The molecule has 4 aliphatic rings. The van der Waals surface area contributed by atoms with E-state index in [9.17, 15) is 5.11 Å². The van der Waals surface area contributed by atoms with E-state index in [1.807, 2.05) is 24.3 Å². The summed E-state index contributed by atoms with van der Waals surface area (Å²) in [6, 6.07) is 27.6. The molecule has 4 heteroatoms. The first-order chi connectivity index (χ1) is 22.7. The van der Waals surface area contributed by atoms with Gasteiger partial charge < -0.3 is 19.3 Å². The molecule has 2 aliphatic carbocycles. The lowest BCUT2D eigenvalue weighted by Crippen LogP contribution is -2.28. The van der Waals surface area contributed by atoms with Crippen LogP contribution in [0.4, 0.5) is 22.7 Å². The Morgan fingerprint density at radius 2 is 1.72 bits per heavy atom. The van der Waals surface area contributed by atoms with Crippen molar-refractivity contribution in [2.45, 2.75) is 24.8 Å². The number of fused-ring (bicyclic) bond motifs is 8. The maximum absolute atomic E-state index is 11.2. The number of para-hydroxylation sites is 1. The first kappa shape index (κ1) is 26.6. The number of phenolic OH excluding ortho intramolecular Hbond substituents is 1. The number of rotatable bonds is 3. The van der Waals surface area contributed by atoms with Gasteiger partial charge in [-0.3, -0.25) is 0 Å². The van der Waals surface area contributed by atoms with Crippen molar-refractivity contribution >= 4 is 45.4 Å². The van der Waals surface area contributed by atoms with Gasteiger partial charge in [0, 0.05) is 51.3 Å². The number of hydrogen-bond donors (Lipinski definition) is 1. The van der Waals surface area contributed by atoms with Crippen LogP contribution in [0.2, 0.25) is 0 Å². The highest BCUT2D eigenvalue weighted by Crippen LogP contribution is 2.49. The summed E-state index contributed by atoms with van der Waals surface area (Å²) in [5.41, 5.74) is 11.3. The topological polar surface area (TPSA) is 39.9 Å². The molecule has 0 saturated heterocycles. The normalized spacial score (nSPS) is 20.6. The molecular weight excluding hydrogens is 564 g/mol. The molecule has 0 fully saturated rings. The van der Waals surface area contributed by atoms with E-state index in [4.69, 9.17) is 4.42 Å². The number of aryl methyl sites for hydroxylation is 1. The molecule has 4 nitrogen and oxygen atoms in total. The van der Waals surface area contributed by atoms with Crippen molar-refractivity contribution in [2.75, 3.05) is 9.80 Å². The summed E-state index contributed by atoms with van der Waals surface area (Å²) in [4.78, 5) is 4.58. The largest absolute Gasteiger partial charge is 0.507 e. The molecule has 1 aromatic heterocycles. The molecule has 3 heterocycles. The average Bonchev–Trinajstić information content (AvgIpc) is 3.63. The number of anilines is 4. The zero-order valence-corrected chi connectivity index (χ0v) is 25.3. The highest BCUT2D eigenvalue weighted by atomic mass is 16.3. The molecule has 0 saturated carbocycles. The maximum Gasteiger partial charge on any atom is 0.144 e. The Morgan fingerprint density at radius 1 is 0.804 bits per heavy atom. The van der Waals surface area contributed by atoms with Crippen LogP contribution in [-0.2, 0) is 6.42 Å². The molecule has 46 heavy (non-hydrogen) atoms. The summed E-state index contributed by atoms with van der Waals surface area (Å²) in [7, 11) is 0. The van der Waals surface area contributed by atoms with Gasteiger partial charge >= 0.3 is 0 Å². The first-order valence-electron chi connectivity index (χ1n) is 15.9. The number of benzene rings is 4. The number of hydrogen-bond acceptors (Lipinski definition) is 4. The molecule has 2 unspecified atom stereocenters. The van der Waals surface area contributed by atoms with Crippen LogP contribution in [0.15, 0.2) is 145 Å². The van der Waals surface area contributed by atoms with Crippen LogP contribution in [0, 0.1) is 0 Å². The monoisotopic (exact) mass is 596 g/mol. The van der Waals surface area contributed by atoms with Crippen LogP contribution >= 0.6 is 0 Å². The minimum Gasteiger partial charge on any atom is -0.507 e. The van der Waals surface area contributed by atoms with Crippen molar-refractivity contribution in [3.05, 3.63) is 163 Å². The minimum absolute atomic E-state index is 0.209. The van der Waals surface area contributed by atoms with Crippen molar-refractivity contribution in [3.8, 4) is 16.9 Å². The van der Waals surface area contributed by atoms with Crippen molar-refractivity contribution in [2.24, 2.45) is 0 Å². The smallest absolute Gasteiger partial charge is 0.144 e. The summed E-state index contributed by atoms with van der Waals surface area (Å²) in [5.74, 6) is 1.49. The van der Waals surface area contributed by atoms with Gasteiger partial charge in [0.1, 0.15) is 17.1 Å². The lowest BCUT2D eigenvalue weighted by molar-refractivity contribution is 0.477. The zero-order valence-electron chi connectivity index (χ0n) is 25.3. The van der Waals surface area contributed by atoms with Crippen molar-refractivity contribution in [1.82, 2.24) is 0 Å². The molecule has 2 aliphatic heterocycles. The number of allylic oxidation sites excluding steroid dienone is 7. The van der Waals surface area contributed by atoms with Gasteiger partial charge in [0.05, 0.1) is 11.7 Å². The van der Waals surface area contributed by atoms with Crippen LogP contribution in [0.3, 0.4) is 0 Å². The molecule has 4 aromatic carbocycles. The molecule has 9 rings (SSSR count). The number of aromatic hydroxyl groups is 1. The van der Waals surface area contributed by atoms with Crippen LogP contribution in [0.1, 0.15) is 34.8 Å². The van der Waals surface area contributed by atoms with E-state index in [1.165, 1.54) is 16.8 Å². The fourth-order valence-electron chi connectivity index (χ4n) is 7.56. The second-order valence-corrected chi connectivity index (χ2v) is 12.3. The van der Waals surface area contributed by atoms with Gasteiger partial charge in [-0.15, -0.1) is 0 Å². The van der Waals surface area contributed by atoms with Crippen molar-refractivity contribution in [1.29, 1.82) is 0 Å². The van der Waals surface area contributed by atoms with E-state index in [2.05, 4.69) is 126 Å².